The molecule has 4 heteroatoms. The van der Waals surface area contributed by atoms with Crippen molar-refractivity contribution in [3.8, 4) is 0 Å². The van der Waals surface area contributed by atoms with Gasteiger partial charge in [0.25, 0.3) is 0 Å². The molecule has 98 valence electrons. The van der Waals surface area contributed by atoms with Crippen LogP contribution in [0.4, 0.5) is 0 Å². The Hall–Kier alpha value is -1.39. The van der Waals surface area contributed by atoms with Crippen LogP contribution in [0.25, 0.3) is 0 Å². The van der Waals surface area contributed by atoms with Gasteiger partial charge < -0.3 is 9.84 Å². The third-order valence-electron chi connectivity index (χ3n) is 3.59. The summed E-state index contributed by atoms with van der Waals surface area (Å²) in [4.78, 5) is 13.0. The van der Waals surface area contributed by atoms with E-state index in [4.69, 9.17) is 9.84 Å². The van der Waals surface area contributed by atoms with Gasteiger partial charge in [-0.2, -0.15) is 0 Å². The first-order chi connectivity index (χ1) is 8.53. The number of hydrogen-bond donors (Lipinski definition) is 1. The lowest BCUT2D eigenvalue weighted by Crippen LogP contribution is -2.53. The standard InChI is InChI=1S/C14H19NO3/c1-11(13(16)17)15-8-9-18-14(2,10-15)12-6-4-3-5-7-12/h3-7,11H,8-10H2,1-2H3,(H,16,17)/t11-,14+/m1/s1. The molecule has 2 rings (SSSR count). The fourth-order valence-electron chi connectivity index (χ4n) is 2.35. The molecule has 0 saturated carbocycles. The Balaban J connectivity index is 2.17. The van der Waals surface area contributed by atoms with Crippen LogP contribution in [0.2, 0.25) is 0 Å². The van der Waals surface area contributed by atoms with Crippen molar-refractivity contribution in [2.75, 3.05) is 19.7 Å². The Morgan fingerprint density at radius 2 is 2.11 bits per heavy atom. The molecule has 1 N–H and O–H groups in total. The predicted octanol–water partition coefficient (Wildman–Crippen LogP) is 1.71. The van der Waals surface area contributed by atoms with Crippen LogP contribution in [0, 0.1) is 0 Å². The molecule has 18 heavy (non-hydrogen) atoms. The molecule has 0 radical (unpaired) electrons. The highest BCUT2D eigenvalue weighted by molar-refractivity contribution is 5.72. The highest BCUT2D eigenvalue weighted by Crippen LogP contribution is 2.29. The lowest BCUT2D eigenvalue weighted by molar-refractivity contribution is -0.151. The number of carbonyl (C=O) groups is 1. The molecule has 1 aromatic rings. The molecule has 2 atom stereocenters. The average molecular weight is 249 g/mol. The largest absolute Gasteiger partial charge is 0.480 e. The van der Waals surface area contributed by atoms with Crippen LogP contribution in [0.3, 0.4) is 0 Å². The molecule has 4 nitrogen and oxygen atoms in total. The Morgan fingerprint density at radius 3 is 2.72 bits per heavy atom. The molecule has 0 spiro atoms. The van der Waals surface area contributed by atoms with Crippen LogP contribution in [-0.4, -0.2) is 41.7 Å². The first kappa shape index (κ1) is 13.1. The Labute approximate surface area is 107 Å². The Kier molecular flexibility index (Phi) is 3.68. The van der Waals surface area contributed by atoms with E-state index in [9.17, 15) is 4.79 Å². The SMILES string of the molecule is C[C@H](C(=O)O)N1CCO[C@](C)(c2ccccc2)C1. The molecule has 0 unspecified atom stereocenters. The molecule has 1 fully saturated rings. The second-order valence-corrected chi connectivity index (χ2v) is 4.93. The summed E-state index contributed by atoms with van der Waals surface area (Å²) >= 11 is 0. The lowest BCUT2D eigenvalue weighted by atomic mass is 9.93. The Bertz CT molecular complexity index is 420. The van der Waals surface area contributed by atoms with Gasteiger partial charge in [0, 0.05) is 13.1 Å². The van der Waals surface area contributed by atoms with Gasteiger partial charge in [0.1, 0.15) is 11.6 Å². The van der Waals surface area contributed by atoms with Gasteiger partial charge in [-0.1, -0.05) is 30.3 Å². The van der Waals surface area contributed by atoms with E-state index in [1.165, 1.54) is 0 Å². The highest BCUT2D eigenvalue weighted by atomic mass is 16.5. The number of morpholine rings is 1. The van der Waals surface area contributed by atoms with Gasteiger partial charge in [0.15, 0.2) is 0 Å². The zero-order valence-corrected chi connectivity index (χ0v) is 10.8. The minimum Gasteiger partial charge on any atom is -0.480 e. The molecule has 1 aliphatic rings. The van der Waals surface area contributed by atoms with Gasteiger partial charge >= 0.3 is 5.97 Å². The van der Waals surface area contributed by atoms with Gasteiger partial charge in [-0.3, -0.25) is 9.69 Å². The molecule has 1 aromatic carbocycles. The van der Waals surface area contributed by atoms with Crippen molar-refractivity contribution in [3.05, 3.63) is 35.9 Å². The van der Waals surface area contributed by atoms with Gasteiger partial charge in [-0.15, -0.1) is 0 Å². The predicted molar refractivity (Wildman–Crippen MR) is 68.4 cm³/mol. The number of hydrogen-bond acceptors (Lipinski definition) is 3. The summed E-state index contributed by atoms with van der Waals surface area (Å²) in [6.07, 6.45) is 0. The van der Waals surface area contributed by atoms with E-state index in [0.29, 0.717) is 19.7 Å². The number of rotatable bonds is 3. The van der Waals surface area contributed by atoms with Crippen molar-refractivity contribution in [3.63, 3.8) is 0 Å². The van der Waals surface area contributed by atoms with Crippen LogP contribution >= 0.6 is 0 Å². The van der Waals surface area contributed by atoms with Crippen LogP contribution in [0.5, 0.6) is 0 Å². The average Bonchev–Trinajstić information content (AvgIpc) is 2.39. The second kappa shape index (κ2) is 5.08. The molecule has 1 saturated heterocycles. The molecule has 1 heterocycles. The van der Waals surface area contributed by atoms with Crippen LogP contribution in [0.15, 0.2) is 30.3 Å². The summed E-state index contributed by atoms with van der Waals surface area (Å²) < 4.78 is 5.88. The van der Waals surface area contributed by atoms with Crippen molar-refractivity contribution in [2.45, 2.75) is 25.5 Å². The van der Waals surface area contributed by atoms with Crippen LogP contribution < -0.4 is 0 Å². The molecule has 1 aliphatic heterocycles. The smallest absolute Gasteiger partial charge is 0.320 e. The summed E-state index contributed by atoms with van der Waals surface area (Å²) in [6.45, 7) is 5.56. The number of benzene rings is 1. The second-order valence-electron chi connectivity index (χ2n) is 4.93. The summed E-state index contributed by atoms with van der Waals surface area (Å²) in [5.41, 5.74) is 0.663. The maximum Gasteiger partial charge on any atom is 0.320 e. The zero-order valence-electron chi connectivity index (χ0n) is 10.8. The number of carboxylic acids is 1. The van der Waals surface area contributed by atoms with Crippen LogP contribution in [0.1, 0.15) is 19.4 Å². The third-order valence-corrected chi connectivity index (χ3v) is 3.59. The van der Waals surface area contributed by atoms with E-state index in [2.05, 4.69) is 0 Å². The van der Waals surface area contributed by atoms with Gasteiger partial charge in [-0.05, 0) is 19.4 Å². The zero-order chi connectivity index (χ0) is 13.2. The van der Waals surface area contributed by atoms with E-state index in [0.717, 1.165) is 5.56 Å². The summed E-state index contributed by atoms with van der Waals surface area (Å²) in [6, 6.07) is 9.49. The van der Waals surface area contributed by atoms with Gasteiger partial charge in [0.2, 0.25) is 0 Å². The molecule has 0 amide bonds. The topological polar surface area (TPSA) is 49.8 Å². The minimum atomic E-state index is -0.785. The van der Waals surface area contributed by atoms with E-state index in [-0.39, 0.29) is 0 Å². The summed E-state index contributed by atoms with van der Waals surface area (Å²) in [5, 5.41) is 9.09. The first-order valence-corrected chi connectivity index (χ1v) is 6.19. The molecule has 0 aromatic heterocycles. The minimum absolute atomic E-state index is 0.427. The third kappa shape index (κ3) is 2.54. The fraction of sp³-hybridized carbons (Fsp3) is 0.500. The normalized spacial score (nSPS) is 26.8. The van der Waals surface area contributed by atoms with Crippen LogP contribution in [-0.2, 0) is 15.1 Å². The number of aliphatic carboxylic acids is 1. The van der Waals surface area contributed by atoms with E-state index >= 15 is 0 Å². The maximum atomic E-state index is 11.1. The molecule has 0 bridgehead atoms. The van der Waals surface area contributed by atoms with Crippen molar-refractivity contribution >= 4 is 5.97 Å². The monoisotopic (exact) mass is 249 g/mol. The molecular weight excluding hydrogens is 230 g/mol. The summed E-state index contributed by atoms with van der Waals surface area (Å²) in [5.74, 6) is -0.785. The fourth-order valence-corrected chi connectivity index (χ4v) is 2.35. The molecule has 0 aliphatic carbocycles. The van der Waals surface area contributed by atoms with Crippen molar-refractivity contribution in [1.82, 2.24) is 4.90 Å². The van der Waals surface area contributed by atoms with E-state index in [1.54, 1.807) is 6.92 Å². The molecular formula is C14H19NO3. The van der Waals surface area contributed by atoms with Gasteiger partial charge in [0.05, 0.1) is 6.61 Å². The van der Waals surface area contributed by atoms with Crippen molar-refractivity contribution in [2.24, 2.45) is 0 Å². The van der Waals surface area contributed by atoms with Crippen molar-refractivity contribution < 1.29 is 14.6 Å². The van der Waals surface area contributed by atoms with Crippen molar-refractivity contribution in [1.29, 1.82) is 0 Å². The first-order valence-electron chi connectivity index (χ1n) is 6.19. The maximum absolute atomic E-state index is 11.1. The quantitative estimate of drug-likeness (QED) is 0.886. The Morgan fingerprint density at radius 1 is 1.44 bits per heavy atom. The van der Waals surface area contributed by atoms with Gasteiger partial charge in [-0.25, -0.2) is 0 Å². The number of nitrogens with zero attached hydrogens (tertiary/aromatic N) is 1. The summed E-state index contributed by atoms with van der Waals surface area (Å²) in [7, 11) is 0. The lowest BCUT2D eigenvalue weighted by Gasteiger charge is -2.42. The highest BCUT2D eigenvalue weighted by Gasteiger charge is 2.36. The van der Waals surface area contributed by atoms with E-state index < -0.39 is 17.6 Å². The van der Waals surface area contributed by atoms with E-state index in [1.807, 2.05) is 42.2 Å². The number of carboxylic acid groups (broad SMARTS) is 1. The number of ether oxygens (including phenoxy) is 1.